The molecule has 0 saturated carbocycles. The second-order valence-corrected chi connectivity index (χ2v) is 8.08. The van der Waals surface area contributed by atoms with Crippen LogP contribution in [0.15, 0.2) is 57.9 Å². The molecule has 154 valence electrons. The van der Waals surface area contributed by atoms with E-state index < -0.39 is 34.6 Å². The van der Waals surface area contributed by atoms with E-state index in [1.54, 1.807) is 19.1 Å². The van der Waals surface area contributed by atoms with Crippen LogP contribution in [0.25, 0.3) is 0 Å². The lowest BCUT2D eigenvalue weighted by molar-refractivity contribution is -0.123. The van der Waals surface area contributed by atoms with Gasteiger partial charge in [-0.2, -0.15) is 0 Å². The quantitative estimate of drug-likeness (QED) is 0.578. The number of rotatable bonds is 7. The molecular weight excluding hydrogens is 468 g/mol. The van der Waals surface area contributed by atoms with Gasteiger partial charge in [-0.3, -0.25) is 14.8 Å². The van der Waals surface area contributed by atoms with Crippen LogP contribution in [0.5, 0.6) is 0 Å². The summed E-state index contributed by atoms with van der Waals surface area (Å²) in [6, 6.07) is 11.5. The van der Waals surface area contributed by atoms with Crippen molar-refractivity contribution in [1.82, 2.24) is 5.32 Å². The van der Waals surface area contributed by atoms with Gasteiger partial charge in [-0.15, -0.1) is 0 Å². The zero-order valence-electron chi connectivity index (χ0n) is 15.2. The van der Waals surface area contributed by atoms with Crippen LogP contribution in [-0.2, 0) is 24.3 Å². The predicted molar refractivity (Wildman–Crippen MR) is 107 cm³/mol. The average molecular weight is 485 g/mol. The number of anilines is 1. The lowest BCUT2D eigenvalue weighted by atomic mass is 10.2. The third-order valence-corrected chi connectivity index (χ3v) is 5.27. The second kappa shape index (κ2) is 10.0. The van der Waals surface area contributed by atoms with Crippen molar-refractivity contribution in [3.8, 4) is 0 Å². The minimum atomic E-state index is -3.78. The van der Waals surface area contributed by atoms with Gasteiger partial charge in [0.1, 0.15) is 0 Å². The van der Waals surface area contributed by atoms with E-state index in [-0.39, 0.29) is 22.8 Å². The van der Waals surface area contributed by atoms with Crippen LogP contribution in [-0.4, -0.2) is 39.6 Å². The maximum absolute atomic E-state index is 12.3. The number of alkyl carbamates (subject to hydrolysis) is 1. The number of hydrogen-bond donors (Lipinski definition) is 2. The first-order valence-corrected chi connectivity index (χ1v) is 10.5. The number of ether oxygens (including phenoxy) is 2. The molecule has 0 heterocycles. The molecule has 2 rings (SSSR count). The van der Waals surface area contributed by atoms with E-state index in [0.717, 1.165) is 4.47 Å². The van der Waals surface area contributed by atoms with E-state index in [1.165, 1.54) is 36.4 Å². The molecule has 0 aliphatic carbocycles. The molecule has 0 atom stereocenters. The molecule has 11 heteroatoms. The van der Waals surface area contributed by atoms with Gasteiger partial charge in [0.25, 0.3) is 15.9 Å². The summed E-state index contributed by atoms with van der Waals surface area (Å²) in [5.41, 5.74) is 0.338. The Morgan fingerprint density at radius 3 is 2.17 bits per heavy atom. The lowest BCUT2D eigenvalue weighted by Crippen LogP contribution is -2.34. The monoisotopic (exact) mass is 484 g/mol. The van der Waals surface area contributed by atoms with Crippen molar-refractivity contribution in [3.05, 3.63) is 58.6 Å². The Kier molecular flexibility index (Phi) is 7.74. The number of nitrogens with one attached hydrogen (secondary N) is 2. The third kappa shape index (κ3) is 6.88. The molecule has 0 bridgehead atoms. The smallest absolute Gasteiger partial charge is 0.413 e. The molecule has 9 nitrogen and oxygen atoms in total. The first-order valence-electron chi connectivity index (χ1n) is 8.23. The topological polar surface area (TPSA) is 128 Å². The van der Waals surface area contributed by atoms with Crippen LogP contribution < -0.4 is 10.0 Å². The van der Waals surface area contributed by atoms with Crippen molar-refractivity contribution in [1.29, 1.82) is 0 Å². The highest BCUT2D eigenvalue weighted by Crippen LogP contribution is 2.19. The van der Waals surface area contributed by atoms with Gasteiger partial charge < -0.3 is 9.47 Å². The van der Waals surface area contributed by atoms with E-state index in [2.05, 4.69) is 25.4 Å². The summed E-state index contributed by atoms with van der Waals surface area (Å²) in [6.45, 7) is 0.999. The van der Waals surface area contributed by atoms with Crippen molar-refractivity contribution in [2.24, 2.45) is 0 Å². The van der Waals surface area contributed by atoms with Crippen LogP contribution in [0, 0.1) is 0 Å². The zero-order chi connectivity index (χ0) is 21.4. The van der Waals surface area contributed by atoms with E-state index in [9.17, 15) is 22.8 Å². The first-order chi connectivity index (χ1) is 13.7. The summed E-state index contributed by atoms with van der Waals surface area (Å²) in [5.74, 6) is -1.65. The Morgan fingerprint density at radius 1 is 0.966 bits per heavy atom. The fourth-order valence-electron chi connectivity index (χ4n) is 2.03. The Bertz CT molecular complexity index is 990. The van der Waals surface area contributed by atoms with E-state index in [0.29, 0.717) is 0 Å². The highest BCUT2D eigenvalue weighted by molar-refractivity contribution is 9.10. The number of carbonyl (C=O) groups is 3. The summed E-state index contributed by atoms with van der Waals surface area (Å²) >= 11 is 3.23. The largest absolute Gasteiger partial charge is 0.452 e. The van der Waals surface area contributed by atoms with Crippen molar-refractivity contribution >= 4 is 49.6 Å². The molecule has 0 saturated heterocycles. The molecular formula is C18H17BrN2O7S. The van der Waals surface area contributed by atoms with Crippen LogP contribution in [0.4, 0.5) is 10.5 Å². The number of halogens is 1. The van der Waals surface area contributed by atoms with Crippen molar-refractivity contribution in [2.75, 3.05) is 17.9 Å². The highest BCUT2D eigenvalue weighted by Gasteiger charge is 2.16. The number of amides is 2. The van der Waals surface area contributed by atoms with Gasteiger partial charge in [0.2, 0.25) is 0 Å². The Hall–Kier alpha value is -2.92. The molecule has 0 fully saturated rings. The van der Waals surface area contributed by atoms with Gasteiger partial charge in [0, 0.05) is 10.2 Å². The molecule has 0 aliphatic heterocycles. The maximum Gasteiger partial charge on any atom is 0.413 e. The molecule has 0 spiro atoms. The second-order valence-electron chi connectivity index (χ2n) is 5.48. The summed E-state index contributed by atoms with van der Waals surface area (Å²) in [5, 5.41) is 1.88. The van der Waals surface area contributed by atoms with Crippen molar-refractivity contribution in [2.45, 2.75) is 11.8 Å². The summed E-state index contributed by atoms with van der Waals surface area (Å²) in [7, 11) is -3.78. The SMILES string of the molecule is CCOC(=O)NC(=O)COC(=O)c1ccc(NS(=O)(=O)c2ccc(Br)cc2)cc1. The van der Waals surface area contributed by atoms with Gasteiger partial charge in [-0.25, -0.2) is 18.0 Å². The minimum Gasteiger partial charge on any atom is -0.452 e. The summed E-state index contributed by atoms with van der Waals surface area (Å²) in [4.78, 5) is 34.6. The van der Waals surface area contributed by atoms with Gasteiger partial charge in [-0.1, -0.05) is 15.9 Å². The maximum atomic E-state index is 12.3. The summed E-state index contributed by atoms with van der Waals surface area (Å²) < 4.78 is 37.1. The molecule has 2 amide bonds. The zero-order valence-corrected chi connectivity index (χ0v) is 17.6. The molecule has 29 heavy (non-hydrogen) atoms. The molecule has 2 aromatic carbocycles. The van der Waals surface area contributed by atoms with Gasteiger partial charge >= 0.3 is 12.1 Å². The van der Waals surface area contributed by atoms with Crippen LogP contribution >= 0.6 is 15.9 Å². The van der Waals surface area contributed by atoms with Crippen molar-refractivity contribution < 1.29 is 32.3 Å². The van der Waals surface area contributed by atoms with E-state index in [1.807, 2.05) is 5.32 Å². The lowest BCUT2D eigenvalue weighted by Gasteiger charge is -2.09. The molecule has 2 aromatic rings. The Morgan fingerprint density at radius 2 is 1.59 bits per heavy atom. The first kappa shape index (κ1) is 22.4. The van der Waals surface area contributed by atoms with Gasteiger partial charge in [0.15, 0.2) is 6.61 Å². The van der Waals surface area contributed by atoms with Gasteiger partial charge in [-0.05, 0) is 55.5 Å². The molecule has 0 aliphatic rings. The molecule has 0 unspecified atom stereocenters. The van der Waals surface area contributed by atoms with Crippen LogP contribution in [0.1, 0.15) is 17.3 Å². The molecule has 0 aromatic heterocycles. The average Bonchev–Trinajstić information content (AvgIpc) is 2.67. The van der Waals surface area contributed by atoms with Crippen LogP contribution in [0.3, 0.4) is 0 Å². The highest BCUT2D eigenvalue weighted by atomic mass is 79.9. The fraction of sp³-hybridized carbons (Fsp3) is 0.167. The minimum absolute atomic E-state index is 0.0804. The molecule has 2 N–H and O–H groups in total. The number of carbonyl (C=O) groups excluding carboxylic acids is 3. The van der Waals surface area contributed by atoms with Crippen molar-refractivity contribution in [3.63, 3.8) is 0 Å². The number of benzene rings is 2. The van der Waals surface area contributed by atoms with Crippen LogP contribution in [0.2, 0.25) is 0 Å². The predicted octanol–water partition coefficient (Wildman–Crippen LogP) is 2.68. The standard InChI is InChI=1S/C18H17BrN2O7S/c1-2-27-18(24)20-16(22)11-28-17(23)12-3-7-14(8-4-12)21-29(25,26)15-9-5-13(19)6-10-15/h3-10,21H,2,11H2,1H3,(H,20,22,24). The third-order valence-electron chi connectivity index (χ3n) is 3.35. The number of sulfonamides is 1. The number of imide groups is 1. The summed E-state index contributed by atoms with van der Waals surface area (Å²) in [6.07, 6.45) is -0.934. The number of hydrogen-bond acceptors (Lipinski definition) is 7. The Balaban J connectivity index is 1.94. The fourth-order valence-corrected chi connectivity index (χ4v) is 3.36. The molecule has 0 radical (unpaired) electrons. The Labute approximate surface area is 175 Å². The van der Waals surface area contributed by atoms with Gasteiger partial charge in [0.05, 0.1) is 17.1 Å². The van der Waals surface area contributed by atoms with E-state index >= 15 is 0 Å². The number of esters is 1. The normalized spacial score (nSPS) is 10.7. The van der Waals surface area contributed by atoms with E-state index in [4.69, 9.17) is 4.74 Å².